The van der Waals surface area contributed by atoms with Gasteiger partial charge in [0.2, 0.25) is 0 Å². The molecule has 0 bridgehead atoms. The largest absolute Gasteiger partial charge is 0.490 e. The van der Waals surface area contributed by atoms with E-state index >= 15 is 0 Å². The molecule has 2 aliphatic heterocycles. The quantitative estimate of drug-likeness (QED) is 0.604. The number of carbonyl (C=O) groups excluding carboxylic acids is 3. The fraction of sp³-hybridized carbons (Fsp3) is 0.320. The molecule has 3 aromatic rings. The van der Waals surface area contributed by atoms with Gasteiger partial charge in [-0.2, -0.15) is 0 Å². The van der Waals surface area contributed by atoms with Gasteiger partial charge in [-0.25, -0.2) is 4.79 Å². The van der Waals surface area contributed by atoms with Gasteiger partial charge in [-0.3, -0.25) is 14.5 Å². The van der Waals surface area contributed by atoms with E-state index in [1.165, 1.54) is 4.90 Å². The Hall–Kier alpha value is -4.01. The Bertz CT molecular complexity index is 1320. The minimum absolute atomic E-state index is 0.112. The van der Waals surface area contributed by atoms with Crippen molar-refractivity contribution < 1.29 is 23.9 Å². The molecule has 176 valence electrons. The lowest BCUT2D eigenvalue weighted by atomic mass is 10.1. The third-order valence-electron chi connectivity index (χ3n) is 5.71. The van der Waals surface area contributed by atoms with E-state index in [1.807, 2.05) is 37.5 Å². The van der Waals surface area contributed by atoms with Gasteiger partial charge in [0.05, 0.1) is 12.2 Å². The van der Waals surface area contributed by atoms with Gasteiger partial charge in [-0.05, 0) is 57.2 Å². The van der Waals surface area contributed by atoms with Gasteiger partial charge in [0.25, 0.3) is 11.8 Å². The van der Waals surface area contributed by atoms with Crippen LogP contribution in [0.15, 0.2) is 42.5 Å². The number of aromatic nitrogens is 1. The summed E-state index contributed by atoms with van der Waals surface area (Å²) in [5.41, 5.74) is 2.35. The van der Waals surface area contributed by atoms with Gasteiger partial charge in [0.1, 0.15) is 23.7 Å². The van der Waals surface area contributed by atoms with Crippen molar-refractivity contribution in [2.24, 2.45) is 0 Å². The monoisotopic (exact) mass is 462 g/mol. The molecule has 0 aliphatic carbocycles. The van der Waals surface area contributed by atoms with E-state index in [-0.39, 0.29) is 11.8 Å². The Balaban J connectivity index is 1.40. The maximum atomic E-state index is 13.0. The van der Waals surface area contributed by atoms with Gasteiger partial charge >= 0.3 is 6.09 Å². The molecule has 34 heavy (non-hydrogen) atoms. The van der Waals surface area contributed by atoms with Gasteiger partial charge in [-0.1, -0.05) is 6.07 Å². The van der Waals surface area contributed by atoms with Crippen LogP contribution in [0.3, 0.4) is 0 Å². The summed E-state index contributed by atoms with van der Waals surface area (Å²) >= 11 is 0. The maximum Gasteiger partial charge on any atom is 0.415 e. The molecule has 3 amide bonds. The number of hydrogen-bond acceptors (Lipinski definition) is 5. The van der Waals surface area contributed by atoms with E-state index in [0.29, 0.717) is 54.6 Å². The summed E-state index contributed by atoms with van der Waals surface area (Å²) in [7, 11) is 0. The van der Waals surface area contributed by atoms with Crippen molar-refractivity contribution in [2.45, 2.75) is 32.9 Å². The van der Waals surface area contributed by atoms with Crippen molar-refractivity contribution in [2.75, 3.05) is 29.9 Å². The number of benzene rings is 2. The summed E-state index contributed by atoms with van der Waals surface area (Å²) in [5, 5.41) is 6.64. The van der Waals surface area contributed by atoms with Crippen LogP contribution < -0.4 is 20.3 Å². The fourth-order valence-corrected chi connectivity index (χ4v) is 4.20. The summed E-state index contributed by atoms with van der Waals surface area (Å²) in [6.45, 7) is 7.36. The molecular weight excluding hydrogens is 436 g/mol. The van der Waals surface area contributed by atoms with Gasteiger partial charge < -0.3 is 24.7 Å². The second-order valence-corrected chi connectivity index (χ2v) is 9.33. The Morgan fingerprint density at radius 3 is 2.71 bits per heavy atom. The number of rotatable bonds is 2. The average molecular weight is 463 g/mol. The summed E-state index contributed by atoms with van der Waals surface area (Å²) < 4.78 is 13.1. The Morgan fingerprint density at radius 1 is 1.09 bits per heavy atom. The Morgan fingerprint density at radius 2 is 1.91 bits per heavy atom. The van der Waals surface area contributed by atoms with Crippen molar-refractivity contribution in [3.63, 3.8) is 0 Å². The second-order valence-electron chi connectivity index (χ2n) is 9.33. The third kappa shape index (κ3) is 4.05. The Labute approximate surface area is 196 Å². The number of amides is 3. The first-order valence-corrected chi connectivity index (χ1v) is 11.2. The van der Waals surface area contributed by atoms with Crippen LogP contribution in [0.1, 0.15) is 41.6 Å². The molecule has 5 rings (SSSR count). The van der Waals surface area contributed by atoms with Crippen molar-refractivity contribution in [1.82, 2.24) is 9.88 Å². The molecule has 9 heteroatoms. The number of hydrogen-bond donors (Lipinski definition) is 2. The van der Waals surface area contributed by atoms with Crippen LogP contribution in [0.5, 0.6) is 5.75 Å². The lowest BCUT2D eigenvalue weighted by Gasteiger charge is -2.31. The molecule has 0 unspecified atom stereocenters. The maximum absolute atomic E-state index is 13.0. The first-order valence-electron chi connectivity index (χ1n) is 11.2. The standard InChI is InChI=1S/C25H26N4O5/c1-25(2,3)34-24(32)29-10-11-33-21-7-6-17(14-19(21)29)27-22(30)16-5-4-15-12-20-23(31)26-8-9-28(20)18(15)13-16/h4-7,12-14H,8-11H2,1-3H3,(H,26,31)(H,27,30). The molecule has 2 aromatic carbocycles. The van der Waals surface area contributed by atoms with E-state index in [2.05, 4.69) is 10.6 Å². The first kappa shape index (κ1) is 21.8. The molecule has 0 saturated heterocycles. The normalized spacial score (nSPS) is 15.1. The molecular formula is C25H26N4O5. The summed E-state index contributed by atoms with van der Waals surface area (Å²) in [6.07, 6.45) is -0.465. The zero-order valence-electron chi connectivity index (χ0n) is 19.3. The predicted molar refractivity (Wildman–Crippen MR) is 128 cm³/mol. The minimum atomic E-state index is -0.626. The van der Waals surface area contributed by atoms with E-state index < -0.39 is 11.7 Å². The first-order chi connectivity index (χ1) is 16.2. The van der Waals surface area contributed by atoms with E-state index in [0.717, 1.165) is 10.9 Å². The highest BCUT2D eigenvalue weighted by Crippen LogP contribution is 2.35. The van der Waals surface area contributed by atoms with Crippen molar-refractivity contribution in [3.8, 4) is 5.75 Å². The van der Waals surface area contributed by atoms with E-state index in [9.17, 15) is 14.4 Å². The van der Waals surface area contributed by atoms with Crippen LogP contribution in [0.2, 0.25) is 0 Å². The highest BCUT2D eigenvalue weighted by molar-refractivity contribution is 6.08. The second kappa shape index (κ2) is 8.09. The number of nitrogens with one attached hydrogen (secondary N) is 2. The van der Waals surface area contributed by atoms with Crippen LogP contribution in [0.4, 0.5) is 16.2 Å². The molecule has 2 N–H and O–H groups in total. The number of fused-ring (bicyclic) bond motifs is 4. The number of carbonyl (C=O) groups is 3. The molecule has 9 nitrogen and oxygen atoms in total. The van der Waals surface area contributed by atoms with Crippen LogP contribution in [0.25, 0.3) is 10.9 Å². The van der Waals surface area contributed by atoms with Crippen molar-refractivity contribution in [3.05, 3.63) is 53.7 Å². The topological polar surface area (TPSA) is 102 Å². The third-order valence-corrected chi connectivity index (χ3v) is 5.71. The molecule has 0 radical (unpaired) electrons. The van der Waals surface area contributed by atoms with Crippen LogP contribution in [0, 0.1) is 0 Å². The summed E-state index contributed by atoms with van der Waals surface area (Å²) in [6, 6.07) is 12.4. The molecule has 0 spiro atoms. The lowest BCUT2D eigenvalue weighted by Crippen LogP contribution is -2.41. The van der Waals surface area contributed by atoms with Gasteiger partial charge in [0, 0.05) is 35.2 Å². The lowest BCUT2D eigenvalue weighted by molar-refractivity contribution is 0.0567. The molecule has 0 atom stereocenters. The fourth-order valence-electron chi connectivity index (χ4n) is 4.20. The van der Waals surface area contributed by atoms with Gasteiger partial charge in [-0.15, -0.1) is 0 Å². The molecule has 0 fully saturated rings. The molecule has 0 saturated carbocycles. The van der Waals surface area contributed by atoms with E-state index in [1.54, 1.807) is 30.3 Å². The number of ether oxygens (including phenoxy) is 2. The molecule has 3 heterocycles. The zero-order chi connectivity index (χ0) is 24.0. The zero-order valence-corrected chi connectivity index (χ0v) is 19.3. The minimum Gasteiger partial charge on any atom is -0.490 e. The van der Waals surface area contributed by atoms with Crippen LogP contribution >= 0.6 is 0 Å². The average Bonchev–Trinajstić information content (AvgIpc) is 3.17. The van der Waals surface area contributed by atoms with Crippen molar-refractivity contribution >= 4 is 40.2 Å². The highest BCUT2D eigenvalue weighted by atomic mass is 16.6. The number of nitrogens with zero attached hydrogens (tertiary/aromatic N) is 2. The smallest absolute Gasteiger partial charge is 0.415 e. The predicted octanol–water partition coefficient (Wildman–Crippen LogP) is 3.77. The summed E-state index contributed by atoms with van der Waals surface area (Å²) in [4.78, 5) is 39.4. The van der Waals surface area contributed by atoms with Crippen LogP contribution in [-0.4, -0.2) is 47.8 Å². The SMILES string of the molecule is CC(C)(C)OC(=O)N1CCOc2ccc(NC(=O)c3ccc4cc5n(c4c3)CCNC5=O)cc21. The highest BCUT2D eigenvalue weighted by Gasteiger charge is 2.29. The number of anilines is 2. The molecule has 1 aromatic heterocycles. The Kier molecular flexibility index (Phi) is 5.19. The van der Waals surface area contributed by atoms with E-state index in [4.69, 9.17) is 9.47 Å². The van der Waals surface area contributed by atoms with Crippen LogP contribution in [-0.2, 0) is 11.3 Å². The van der Waals surface area contributed by atoms with Crippen molar-refractivity contribution in [1.29, 1.82) is 0 Å². The van der Waals surface area contributed by atoms with Gasteiger partial charge in [0.15, 0.2) is 0 Å². The molecule has 2 aliphatic rings. The summed E-state index contributed by atoms with van der Waals surface area (Å²) in [5.74, 6) is 0.145.